The molecule has 0 aliphatic carbocycles. The number of aromatic nitrogens is 1. The first-order valence-electron chi connectivity index (χ1n) is 5.38. The number of ether oxygens (including phenoxy) is 1. The Kier molecular flexibility index (Phi) is 3.79. The van der Waals surface area contributed by atoms with Crippen LogP contribution in [0.15, 0.2) is 5.38 Å². The van der Waals surface area contributed by atoms with Gasteiger partial charge in [0, 0.05) is 12.5 Å². The zero-order chi connectivity index (χ0) is 14.2. The molecule has 9 heteroatoms. The molecule has 0 radical (unpaired) electrons. The Morgan fingerprint density at radius 3 is 2.79 bits per heavy atom. The molecule has 1 aromatic heterocycles. The van der Waals surface area contributed by atoms with Gasteiger partial charge in [-0.05, 0) is 7.05 Å². The first-order chi connectivity index (χ1) is 8.84. The Morgan fingerprint density at radius 1 is 1.58 bits per heavy atom. The average molecular weight is 295 g/mol. The van der Waals surface area contributed by atoms with Crippen molar-refractivity contribution in [3.8, 4) is 0 Å². The number of carbonyl (C=O) groups is 1. The standard InChI is InChI=1S/C10H12F3N3O2S/c1-16-6(3-18-2)8(17)15-7(16)5-4-19-9(14-5)10(11,12)13/h4,6-7H,3H2,1-2H3,(H,15,17)/t6-,7?/m0/s1. The molecule has 0 aromatic carbocycles. The molecule has 106 valence electrons. The molecule has 19 heavy (non-hydrogen) atoms. The van der Waals surface area contributed by atoms with Crippen molar-refractivity contribution in [1.82, 2.24) is 15.2 Å². The maximum absolute atomic E-state index is 12.5. The van der Waals surface area contributed by atoms with Gasteiger partial charge in [-0.1, -0.05) is 0 Å². The number of nitrogens with one attached hydrogen (secondary N) is 1. The van der Waals surface area contributed by atoms with Crippen LogP contribution in [-0.4, -0.2) is 42.6 Å². The summed E-state index contributed by atoms with van der Waals surface area (Å²) in [4.78, 5) is 16.8. The van der Waals surface area contributed by atoms with Gasteiger partial charge in [0.2, 0.25) is 5.91 Å². The van der Waals surface area contributed by atoms with Gasteiger partial charge in [-0.2, -0.15) is 13.2 Å². The van der Waals surface area contributed by atoms with Crippen LogP contribution in [0.4, 0.5) is 13.2 Å². The summed E-state index contributed by atoms with van der Waals surface area (Å²) in [7, 11) is 3.10. The van der Waals surface area contributed by atoms with Gasteiger partial charge in [0.1, 0.15) is 12.2 Å². The smallest absolute Gasteiger partial charge is 0.383 e. The number of methoxy groups -OCH3 is 1. The quantitative estimate of drug-likeness (QED) is 0.911. The predicted molar refractivity (Wildman–Crippen MR) is 61.4 cm³/mol. The topological polar surface area (TPSA) is 54.5 Å². The van der Waals surface area contributed by atoms with Crippen molar-refractivity contribution in [1.29, 1.82) is 0 Å². The molecule has 0 saturated carbocycles. The van der Waals surface area contributed by atoms with Crippen LogP contribution in [0.25, 0.3) is 0 Å². The summed E-state index contributed by atoms with van der Waals surface area (Å²) in [6, 6.07) is -0.522. The highest BCUT2D eigenvalue weighted by atomic mass is 32.1. The first-order valence-corrected chi connectivity index (χ1v) is 6.26. The van der Waals surface area contributed by atoms with Gasteiger partial charge in [0.15, 0.2) is 5.01 Å². The van der Waals surface area contributed by atoms with Gasteiger partial charge in [-0.15, -0.1) is 11.3 Å². The van der Waals surface area contributed by atoms with Crippen molar-refractivity contribution >= 4 is 17.2 Å². The second-order valence-corrected chi connectivity index (χ2v) is 4.98. The molecular weight excluding hydrogens is 283 g/mol. The highest BCUT2D eigenvalue weighted by molar-refractivity contribution is 7.09. The fraction of sp³-hybridized carbons (Fsp3) is 0.600. The molecular formula is C10H12F3N3O2S. The fourth-order valence-electron chi connectivity index (χ4n) is 1.87. The van der Waals surface area contributed by atoms with Gasteiger partial charge in [0.05, 0.1) is 12.3 Å². The van der Waals surface area contributed by atoms with E-state index in [2.05, 4.69) is 10.3 Å². The molecule has 5 nitrogen and oxygen atoms in total. The van der Waals surface area contributed by atoms with E-state index in [1.807, 2.05) is 0 Å². The van der Waals surface area contributed by atoms with E-state index in [1.165, 1.54) is 12.5 Å². The zero-order valence-corrected chi connectivity index (χ0v) is 11.0. The zero-order valence-electron chi connectivity index (χ0n) is 10.2. The summed E-state index contributed by atoms with van der Waals surface area (Å²) in [6.45, 7) is 0.176. The third-order valence-corrected chi connectivity index (χ3v) is 3.75. The predicted octanol–water partition coefficient (Wildman–Crippen LogP) is 1.24. The van der Waals surface area contributed by atoms with Crippen molar-refractivity contribution in [2.45, 2.75) is 18.4 Å². The number of amides is 1. The van der Waals surface area contributed by atoms with Crippen LogP contribution < -0.4 is 5.32 Å². The summed E-state index contributed by atoms with van der Waals surface area (Å²) in [5.74, 6) is -0.282. The molecule has 1 aromatic rings. The number of likely N-dealkylation sites (N-methyl/N-ethyl adjacent to an activating group) is 1. The summed E-state index contributed by atoms with van der Waals surface area (Å²) < 4.78 is 42.4. The lowest BCUT2D eigenvalue weighted by Gasteiger charge is -2.20. The molecule has 0 bridgehead atoms. The van der Waals surface area contributed by atoms with Crippen LogP contribution >= 0.6 is 11.3 Å². The van der Waals surface area contributed by atoms with E-state index < -0.39 is 23.4 Å². The minimum Gasteiger partial charge on any atom is -0.383 e. The van der Waals surface area contributed by atoms with Crippen LogP contribution in [0.5, 0.6) is 0 Å². The number of alkyl halides is 3. The minimum atomic E-state index is -4.46. The number of hydrogen-bond donors (Lipinski definition) is 1. The van der Waals surface area contributed by atoms with Crippen LogP contribution in [-0.2, 0) is 15.7 Å². The average Bonchev–Trinajstić information content (AvgIpc) is 2.88. The third kappa shape index (κ3) is 2.72. The molecule has 0 spiro atoms. The van der Waals surface area contributed by atoms with Crippen molar-refractivity contribution < 1.29 is 22.7 Å². The van der Waals surface area contributed by atoms with E-state index >= 15 is 0 Å². The van der Waals surface area contributed by atoms with Gasteiger partial charge in [-0.3, -0.25) is 9.69 Å². The van der Waals surface area contributed by atoms with Crippen molar-refractivity contribution in [3.05, 3.63) is 16.1 Å². The monoisotopic (exact) mass is 295 g/mol. The van der Waals surface area contributed by atoms with Crippen molar-refractivity contribution in [3.63, 3.8) is 0 Å². The molecule has 2 rings (SSSR count). The molecule has 1 aliphatic heterocycles. The number of carbonyl (C=O) groups excluding carboxylic acids is 1. The minimum absolute atomic E-state index is 0.176. The van der Waals surface area contributed by atoms with E-state index in [9.17, 15) is 18.0 Å². The Hall–Kier alpha value is -1.19. The maximum atomic E-state index is 12.5. The lowest BCUT2D eigenvalue weighted by atomic mass is 10.3. The van der Waals surface area contributed by atoms with E-state index in [0.29, 0.717) is 11.3 Å². The number of halogens is 3. The van der Waals surface area contributed by atoms with Crippen LogP contribution in [0.3, 0.4) is 0 Å². The Bertz CT molecular complexity index is 477. The molecule has 2 atom stereocenters. The highest BCUT2D eigenvalue weighted by Crippen LogP contribution is 2.34. The lowest BCUT2D eigenvalue weighted by molar-refractivity contribution is -0.137. The number of thiazole rings is 1. The van der Waals surface area contributed by atoms with E-state index in [4.69, 9.17) is 4.74 Å². The molecule has 1 amide bonds. The first kappa shape index (κ1) is 14.2. The molecule has 1 N–H and O–H groups in total. The number of hydrogen-bond acceptors (Lipinski definition) is 5. The lowest BCUT2D eigenvalue weighted by Crippen LogP contribution is -2.35. The molecule has 1 aliphatic rings. The van der Waals surface area contributed by atoms with Gasteiger partial charge < -0.3 is 10.1 Å². The molecule has 1 unspecified atom stereocenters. The molecule has 2 heterocycles. The van der Waals surface area contributed by atoms with Crippen LogP contribution in [0.2, 0.25) is 0 Å². The Morgan fingerprint density at radius 2 is 2.26 bits per heavy atom. The van der Waals surface area contributed by atoms with E-state index in [1.54, 1.807) is 11.9 Å². The van der Waals surface area contributed by atoms with Crippen LogP contribution in [0.1, 0.15) is 16.9 Å². The normalized spacial score (nSPS) is 24.8. The summed E-state index contributed by atoms with van der Waals surface area (Å²) >= 11 is 0.516. The third-order valence-electron chi connectivity index (χ3n) is 2.85. The van der Waals surface area contributed by atoms with Crippen LogP contribution in [0, 0.1) is 0 Å². The van der Waals surface area contributed by atoms with Gasteiger partial charge in [-0.25, -0.2) is 4.98 Å². The molecule has 1 saturated heterocycles. The fourth-order valence-corrected chi connectivity index (χ4v) is 2.58. The second-order valence-electron chi connectivity index (χ2n) is 4.12. The molecule has 1 fully saturated rings. The van der Waals surface area contributed by atoms with E-state index in [-0.39, 0.29) is 18.2 Å². The SMILES string of the molecule is COC[C@H]1C(=O)NC(c2csc(C(F)(F)F)n2)N1C. The van der Waals surface area contributed by atoms with Crippen molar-refractivity contribution in [2.75, 3.05) is 20.8 Å². The Balaban J connectivity index is 2.19. The van der Waals surface area contributed by atoms with E-state index in [0.717, 1.165) is 0 Å². The van der Waals surface area contributed by atoms with Gasteiger partial charge >= 0.3 is 6.18 Å². The highest BCUT2D eigenvalue weighted by Gasteiger charge is 2.41. The largest absolute Gasteiger partial charge is 0.443 e. The van der Waals surface area contributed by atoms with Gasteiger partial charge in [0.25, 0.3) is 0 Å². The number of nitrogens with zero attached hydrogens (tertiary/aromatic N) is 2. The number of rotatable bonds is 3. The summed E-state index contributed by atoms with van der Waals surface area (Å²) in [5.41, 5.74) is 0.187. The summed E-state index contributed by atoms with van der Waals surface area (Å²) in [6.07, 6.45) is -5.12. The maximum Gasteiger partial charge on any atom is 0.443 e. The Labute approximate surface area is 111 Å². The summed E-state index contributed by atoms with van der Waals surface area (Å²) in [5, 5.41) is 2.99. The second kappa shape index (κ2) is 5.06. The van der Waals surface area contributed by atoms with Crippen molar-refractivity contribution in [2.24, 2.45) is 0 Å².